The van der Waals surface area contributed by atoms with Crippen LogP contribution in [0.2, 0.25) is 0 Å². The molecule has 23 heavy (non-hydrogen) atoms. The first-order valence-electron chi connectivity index (χ1n) is 9.59. The highest BCUT2D eigenvalue weighted by Crippen LogP contribution is 2.40. The van der Waals surface area contributed by atoms with Gasteiger partial charge in [0.15, 0.2) is 0 Å². The molecule has 0 heterocycles. The van der Waals surface area contributed by atoms with Gasteiger partial charge in [-0.05, 0) is 24.7 Å². The van der Waals surface area contributed by atoms with E-state index in [-0.39, 0.29) is 13.2 Å². The number of hydrogen-bond acceptors (Lipinski definition) is 4. The largest absolute Gasteiger partial charge is 0.756 e. The second-order valence-electron chi connectivity index (χ2n) is 6.58. The molecule has 0 bridgehead atoms. The molecule has 0 N–H and O–H groups in total. The van der Waals surface area contributed by atoms with Crippen molar-refractivity contribution in [2.45, 2.75) is 91.9 Å². The van der Waals surface area contributed by atoms with Gasteiger partial charge in [-0.3, -0.25) is 4.57 Å². The van der Waals surface area contributed by atoms with Crippen LogP contribution in [0, 0.1) is 11.8 Å². The Bertz CT molecular complexity index is 283. The molecular formula is C18H38O4P-. The Balaban J connectivity index is 4.07. The Labute approximate surface area is 144 Å². The Morgan fingerprint density at radius 2 is 1.17 bits per heavy atom. The van der Waals surface area contributed by atoms with Gasteiger partial charge in [0.2, 0.25) is 0 Å². The number of unbranched alkanes of at least 4 members (excludes halogenated alkanes) is 4. The first-order chi connectivity index (χ1) is 11.0. The summed E-state index contributed by atoms with van der Waals surface area (Å²) in [6.45, 7) is 9.01. The molecule has 0 radical (unpaired) electrons. The monoisotopic (exact) mass is 349 g/mol. The highest BCUT2D eigenvalue weighted by atomic mass is 31.2. The fourth-order valence-electron chi connectivity index (χ4n) is 2.61. The highest BCUT2D eigenvalue weighted by molar-refractivity contribution is 7.45. The van der Waals surface area contributed by atoms with Crippen LogP contribution < -0.4 is 4.89 Å². The molecule has 0 fully saturated rings. The van der Waals surface area contributed by atoms with E-state index in [1.807, 2.05) is 0 Å². The first-order valence-corrected chi connectivity index (χ1v) is 11.0. The molecule has 0 aliphatic rings. The lowest BCUT2D eigenvalue weighted by Gasteiger charge is -2.27. The molecule has 0 rings (SSSR count). The van der Waals surface area contributed by atoms with Crippen LogP contribution in [0.1, 0.15) is 91.9 Å². The van der Waals surface area contributed by atoms with Crippen molar-refractivity contribution in [1.29, 1.82) is 0 Å². The van der Waals surface area contributed by atoms with E-state index >= 15 is 0 Å². The van der Waals surface area contributed by atoms with E-state index in [1.165, 1.54) is 25.7 Å². The molecule has 0 amide bonds. The maximum atomic E-state index is 11.9. The number of phosphoric ester groups is 1. The molecule has 0 spiro atoms. The van der Waals surface area contributed by atoms with Gasteiger partial charge in [0.1, 0.15) is 0 Å². The van der Waals surface area contributed by atoms with E-state index in [1.54, 1.807) is 0 Å². The van der Waals surface area contributed by atoms with E-state index in [9.17, 15) is 9.46 Å². The lowest BCUT2D eigenvalue weighted by molar-refractivity contribution is -0.227. The van der Waals surface area contributed by atoms with E-state index in [0.717, 1.165) is 38.5 Å². The summed E-state index contributed by atoms with van der Waals surface area (Å²) in [5.41, 5.74) is 0. The van der Waals surface area contributed by atoms with Crippen LogP contribution in [0.5, 0.6) is 0 Å². The van der Waals surface area contributed by atoms with Crippen LogP contribution in [0.15, 0.2) is 0 Å². The van der Waals surface area contributed by atoms with Crippen molar-refractivity contribution in [3.8, 4) is 0 Å². The zero-order valence-corrected chi connectivity index (χ0v) is 16.6. The van der Waals surface area contributed by atoms with Crippen molar-refractivity contribution in [2.24, 2.45) is 11.8 Å². The standard InChI is InChI=1S/C18H39O4P/c1-5-9-11-13-17(7-3)15-21-23(19,20)22-16-18(8-4)14-12-10-6-2/h17-18H,5-16H2,1-4H3,(H,19,20)/p-1. The van der Waals surface area contributed by atoms with Crippen molar-refractivity contribution in [3.63, 3.8) is 0 Å². The minimum Gasteiger partial charge on any atom is -0.756 e. The maximum Gasteiger partial charge on any atom is 0.267 e. The number of rotatable bonds is 16. The van der Waals surface area contributed by atoms with Crippen molar-refractivity contribution in [3.05, 3.63) is 0 Å². The van der Waals surface area contributed by atoms with Gasteiger partial charge >= 0.3 is 0 Å². The predicted molar refractivity (Wildman–Crippen MR) is 95.4 cm³/mol. The van der Waals surface area contributed by atoms with Gasteiger partial charge in [-0.15, -0.1) is 0 Å². The van der Waals surface area contributed by atoms with Crippen molar-refractivity contribution >= 4 is 7.82 Å². The first kappa shape index (κ1) is 23.1. The van der Waals surface area contributed by atoms with Crippen LogP contribution in [0.3, 0.4) is 0 Å². The Morgan fingerprint density at radius 3 is 1.48 bits per heavy atom. The molecular weight excluding hydrogens is 311 g/mol. The van der Waals surface area contributed by atoms with Crippen LogP contribution in [-0.4, -0.2) is 13.2 Å². The average molecular weight is 349 g/mol. The Hall–Kier alpha value is 0.110. The number of hydrogen-bond donors (Lipinski definition) is 0. The maximum absolute atomic E-state index is 11.9. The van der Waals surface area contributed by atoms with E-state index in [2.05, 4.69) is 27.7 Å². The van der Waals surface area contributed by atoms with Crippen LogP contribution >= 0.6 is 7.82 Å². The van der Waals surface area contributed by atoms with Crippen molar-refractivity contribution in [1.82, 2.24) is 0 Å². The molecule has 0 aliphatic carbocycles. The predicted octanol–water partition coefficient (Wildman–Crippen LogP) is 5.70. The minimum atomic E-state index is -4.15. The van der Waals surface area contributed by atoms with Crippen LogP contribution in [0.25, 0.3) is 0 Å². The topological polar surface area (TPSA) is 58.6 Å². The highest BCUT2D eigenvalue weighted by Gasteiger charge is 2.16. The number of phosphoric acid groups is 1. The lowest BCUT2D eigenvalue weighted by Crippen LogP contribution is -2.17. The second kappa shape index (κ2) is 14.5. The summed E-state index contributed by atoms with van der Waals surface area (Å²) in [5, 5.41) is 0. The molecule has 0 aromatic heterocycles. The SMILES string of the molecule is CCCCCC(CC)COP(=O)([O-])OCC(CC)CCCCC. The molecule has 4 nitrogen and oxygen atoms in total. The smallest absolute Gasteiger partial charge is 0.267 e. The van der Waals surface area contributed by atoms with E-state index in [0.29, 0.717) is 11.8 Å². The van der Waals surface area contributed by atoms with Crippen LogP contribution in [-0.2, 0) is 13.6 Å². The molecule has 0 aliphatic heterocycles. The summed E-state index contributed by atoms with van der Waals surface area (Å²) in [6.07, 6.45) is 11.0. The minimum absolute atomic E-state index is 0.258. The van der Waals surface area contributed by atoms with Gasteiger partial charge in [-0.25, -0.2) is 0 Å². The normalized spacial score (nSPS) is 16.9. The molecule has 0 aromatic rings. The van der Waals surface area contributed by atoms with Gasteiger partial charge in [0.25, 0.3) is 7.82 Å². The van der Waals surface area contributed by atoms with Crippen molar-refractivity contribution < 1.29 is 18.5 Å². The third-order valence-corrected chi connectivity index (χ3v) is 5.45. The van der Waals surface area contributed by atoms with E-state index in [4.69, 9.17) is 9.05 Å². The molecule has 140 valence electrons. The Morgan fingerprint density at radius 1 is 0.783 bits per heavy atom. The molecule has 2 unspecified atom stereocenters. The fourth-order valence-corrected chi connectivity index (χ4v) is 3.47. The van der Waals surface area contributed by atoms with Gasteiger partial charge in [0.05, 0.1) is 13.2 Å². The third kappa shape index (κ3) is 13.1. The van der Waals surface area contributed by atoms with Gasteiger partial charge < -0.3 is 13.9 Å². The van der Waals surface area contributed by atoms with Gasteiger partial charge in [-0.1, -0.05) is 79.1 Å². The lowest BCUT2D eigenvalue weighted by atomic mass is 10.00. The zero-order chi connectivity index (χ0) is 17.6. The zero-order valence-electron chi connectivity index (χ0n) is 15.7. The Kier molecular flexibility index (Phi) is 14.5. The summed E-state index contributed by atoms with van der Waals surface area (Å²) >= 11 is 0. The third-order valence-electron chi connectivity index (χ3n) is 4.52. The summed E-state index contributed by atoms with van der Waals surface area (Å²) in [5.74, 6) is 0.609. The molecule has 2 atom stereocenters. The molecule has 0 aromatic carbocycles. The fraction of sp³-hybridized carbons (Fsp3) is 1.00. The summed E-state index contributed by atoms with van der Waals surface area (Å²) in [7, 11) is -4.15. The van der Waals surface area contributed by atoms with Gasteiger partial charge in [-0.2, -0.15) is 0 Å². The van der Waals surface area contributed by atoms with Crippen LogP contribution in [0.4, 0.5) is 0 Å². The summed E-state index contributed by atoms with van der Waals surface area (Å²) in [4.78, 5) is 11.9. The van der Waals surface area contributed by atoms with E-state index < -0.39 is 7.82 Å². The molecule has 0 saturated carbocycles. The van der Waals surface area contributed by atoms with Gasteiger partial charge in [0, 0.05) is 0 Å². The average Bonchev–Trinajstić information content (AvgIpc) is 2.54. The summed E-state index contributed by atoms with van der Waals surface area (Å²) in [6, 6.07) is 0. The molecule has 5 heteroatoms. The summed E-state index contributed by atoms with van der Waals surface area (Å²) < 4.78 is 22.1. The molecule has 0 saturated heterocycles. The second-order valence-corrected chi connectivity index (χ2v) is 7.99. The van der Waals surface area contributed by atoms with Crippen molar-refractivity contribution in [2.75, 3.05) is 13.2 Å². The quantitative estimate of drug-likeness (QED) is 0.265.